The maximum absolute atomic E-state index is 15.3. The van der Waals surface area contributed by atoms with E-state index in [-0.39, 0.29) is 23.4 Å². The predicted molar refractivity (Wildman–Crippen MR) is 171 cm³/mol. The van der Waals surface area contributed by atoms with E-state index < -0.39 is 17.9 Å². The van der Waals surface area contributed by atoms with Crippen LogP contribution in [0.5, 0.6) is 5.75 Å². The van der Waals surface area contributed by atoms with Crippen molar-refractivity contribution in [3.63, 3.8) is 0 Å². The molecule has 46 heavy (non-hydrogen) atoms. The molecule has 8 nitrogen and oxygen atoms in total. The largest absolute Gasteiger partial charge is 0.481 e. The van der Waals surface area contributed by atoms with Gasteiger partial charge < -0.3 is 19.1 Å². The lowest BCUT2D eigenvalue weighted by molar-refractivity contribution is -0.0592. The monoisotopic (exact) mass is 621 g/mol. The zero-order chi connectivity index (χ0) is 31.4. The number of nitrogens with zero attached hydrogens (tertiary/aromatic N) is 3. The van der Waals surface area contributed by atoms with Crippen LogP contribution in [0.15, 0.2) is 60.7 Å². The van der Waals surface area contributed by atoms with Gasteiger partial charge in [-0.3, -0.25) is 9.69 Å². The van der Waals surface area contributed by atoms with Crippen LogP contribution in [-0.4, -0.2) is 57.1 Å². The summed E-state index contributed by atoms with van der Waals surface area (Å²) in [5, 5.41) is 9.56. The van der Waals surface area contributed by atoms with Gasteiger partial charge >= 0.3 is 5.97 Å². The van der Waals surface area contributed by atoms with Gasteiger partial charge in [0.1, 0.15) is 23.5 Å². The second-order valence-corrected chi connectivity index (χ2v) is 13.0. The first-order valence-electron chi connectivity index (χ1n) is 16.3. The van der Waals surface area contributed by atoms with Crippen LogP contribution < -0.4 is 4.74 Å². The number of aromatic carboxylic acids is 1. The van der Waals surface area contributed by atoms with Gasteiger partial charge in [-0.15, -0.1) is 0 Å². The van der Waals surface area contributed by atoms with Gasteiger partial charge in [-0.1, -0.05) is 36.4 Å². The summed E-state index contributed by atoms with van der Waals surface area (Å²) in [4.78, 5) is 31.5. The Morgan fingerprint density at radius 3 is 2.48 bits per heavy atom. The molecule has 0 amide bonds. The fourth-order valence-electron chi connectivity index (χ4n) is 7.04. The third-order valence-corrected chi connectivity index (χ3v) is 9.96. The van der Waals surface area contributed by atoms with Crippen LogP contribution in [0.4, 0.5) is 4.39 Å². The van der Waals surface area contributed by atoms with Crippen molar-refractivity contribution in [2.45, 2.75) is 63.3 Å². The number of aromatic nitrogens is 2. The molecule has 4 aromatic rings. The number of carboxylic acids is 1. The molecule has 2 atom stereocenters. The van der Waals surface area contributed by atoms with Gasteiger partial charge in [-0.2, -0.15) is 0 Å². The molecule has 4 aliphatic rings. The van der Waals surface area contributed by atoms with E-state index in [9.17, 15) is 14.7 Å². The topological polar surface area (TPSA) is 93.9 Å². The Morgan fingerprint density at radius 1 is 0.957 bits per heavy atom. The third-order valence-electron chi connectivity index (χ3n) is 9.96. The Hall–Kier alpha value is -4.34. The minimum absolute atomic E-state index is 0.0291. The van der Waals surface area contributed by atoms with Crippen molar-refractivity contribution in [3.8, 4) is 5.75 Å². The fourth-order valence-corrected chi connectivity index (χ4v) is 7.04. The van der Waals surface area contributed by atoms with Crippen molar-refractivity contribution in [2.75, 3.05) is 19.7 Å². The second kappa shape index (κ2) is 11.8. The van der Waals surface area contributed by atoms with Crippen LogP contribution in [0.25, 0.3) is 17.1 Å². The highest BCUT2D eigenvalue weighted by Crippen LogP contribution is 2.42. The number of fused-ring (bicyclic) bond motifs is 2. The normalized spacial score (nSPS) is 21.5. The van der Waals surface area contributed by atoms with Crippen molar-refractivity contribution in [1.29, 1.82) is 0 Å². The number of Topliss-reactive ketones (excluding diaryl/α,β-unsaturated/α-hetero) is 1. The Labute approximate surface area is 266 Å². The zero-order valence-electron chi connectivity index (χ0n) is 25.5. The number of ether oxygens (including phenoxy) is 2. The summed E-state index contributed by atoms with van der Waals surface area (Å²) in [6.45, 7) is 3.84. The molecular weight excluding hydrogens is 585 g/mol. The molecule has 2 unspecified atom stereocenters. The number of carboxylic acid groups (broad SMARTS) is 1. The van der Waals surface area contributed by atoms with Crippen molar-refractivity contribution >= 4 is 28.9 Å². The van der Waals surface area contributed by atoms with E-state index in [1.165, 1.54) is 6.07 Å². The Kier molecular flexibility index (Phi) is 7.45. The molecule has 9 heteroatoms. The summed E-state index contributed by atoms with van der Waals surface area (Å²) >= 11 is 0. The van der Waals surface area contributed by atoms with Crippen LogP contribution in [0.1, 0.15) is 87.4 Å². The summed E-state index contributed by atoms with van der Waals surface area (Å²) in [7, 11) is 0. The molecular formula is C37H36FN3O5. The minimum Gasteiger partial charge on any atom is -0.481 e. The SMILES string of the molecule is O=C(O)c1ccc2nc(CN3CCC(c4cccc5c4OC(c4ccc(C(=O)C6CC6)cc4F)C=C5)CC3)n(CC3CCO3)c2c1. The van der Waals surface area contributed by atoms with Crippen LogP contribution in [0.3, 0.4) is 0 Å². The van der Waals surface area contributed by atoms with Gasteiger partial charge in [0.15, 0.2) is 5.78 Å². The van der Waals surface area contributed by atoms with Gasteiger partial charge in [0.05, 0.1) is 35.8 Å². The van der Waals surface area contributed by atoms with Crippen molar-refractivity contribution in [3.05, 3.63) is 100 Å². The number of carbonyl (C=O) groups is 2. The first kappa shape index (κ1) is 29.1. The average molecular weight is 622 g/mol. The standard InChI is InChI=1S/C37H36FN3O5/c38-30-18-25(35(42)23-4-5-23)6-9-29(30)33-11-8-24-2-1-3-28(36(24)46-33)22-12-15-40(16-13-22)21-34-39-31-10-7-26(37(43)44)19-32(31)41(34)20-27-14-17-45-27/h1-3,6-11,18-19,22-23,27,33H,4-5,12-17,20-21H2,(H,43,44). The number of rotatable bonds is 9. The molecule has 3 aliphatic heterocycles. The van der Waals surface area contributed by atoms with E-state index in [4.69, 9.17) is 14.5 Å². The number of likely N-dealkylation sites (tertiary alicyclic amines) is 1. The first-order valence-corrected chi connectivity index (χ1v) is 16.3. The van der Waals surface area contributed by atoms with E-state index in [0.29, 0.717) is 30.1 Å². The Balaban J connectivity index is 0.976. The number of hydrogen-bond donors (Lipinski definition) is 1. The first-order chi connectivity index (χ1) is 22.4. The molecule has 1 N–H and O–H groups in total. The summed E-state index contributed by atoms with van der Waals surface area (Å²) in [5.74, 6) is 0.741. The quantitative estimate of drug-likeness (QED) is 0.206. The number of benzene rings is 3. The summed E-state index contributed by atoms with van der Waals surface area (Å²) in [6.07, 6.45) is 8.10. The third kappa shape index (κ3) is 5.52. The van der Waals surface area contributed by atoms with Gasteiger partial charge in [0.2, 0.25) is 0 Å². The Morgan fingerprint density at radius 2 is 1.76 bits per heavy atom. The van der Waals surface area contributed by atoms with Gasteiger partial charge in [-0.05, 0) is 87.0 Å². The molecule has 0 bridgehead atoms. The molecule has 3 aromatic carbocycles. The fraction of sp³-hybridized carbons (Fsp3) is 0.378. The lowest BCUT2D eigenvalue weighted by Gasteiger charge is -2.34. The molecule has 4 heterocycles. The number of hydrogen-bond acceptors (Lipinski definition) is 6. The van der Waals surface area contributed by atoms with E-state index in [2.05, 4.69) is 21.6 Å². The number of ketones is 1. The highest BCUT2D eigenvalue weighted by atomic mass is 19.1. The van der Waals surface area contributed by atoms with Crippen LogP contribution in [0.2, 0.25) is 0 Å². The number of carbonyl (C=O) groups excluding carboxylic acids is 1. The van der Waals surface area contributed by atoms with Crippen molar-refractivity contribution < 1.29 is 28.6 Å². The summed E-state index contributed by atoms with van der Waals surface area (Å²) in [6, 6.07) is 16.1. The number of para-hydroxylation sites is 1. The lowest BCUT2D eigenvalue weighted by atomic mass is 9.87. The Bertz CT molecular complexity index is 1870. The van der Waals surface area contributed by atoms with E-state index >= 15 is 4.39 Å². The molecule has 1 aromatic heterocycles. The molecule has 8 rings (SSSR count). The maximum Gasteiger partial charge on any atom is 0.335 e. The van der Waals surface area contributed by atoms with E-state index in [1.807, 2.05) is 18.2 Å². The highest BCUT2D eigenvalue weighted by molar-refractivity contribution is 5.99. The summed E-state index contributed by atoms with van der Waals surface area (Å²) < 4.78 is 29.6. The van der Waals surface area contributed by atoms with Crippen LogP contribution in [0, 0.1) is 11.7 Å². The summed E-state index contributed by atoms with van der Waals surface area (Å²) in [5.41, 5.74) is 4.89. The van der Waals surface area contributed by atoms with Crippen LogP contribution in [-0.2, 0) is 17.8 Å². The van der Waals surface area contributed by atoms with Gasteiger partial charge in [0.25, 0.3) is 0 Å². The van der Waals surface area contributed by atoms with Crippen molar-refractivity contribution in [2.24, 2.45) is 5.92 Å². The molecule has 0 spiro atoms. The zero-order valence-corrected chi connectivity index (χ0v) is 25.5. The molecule has 2 saturated heterocycles. The second-order valence-electron chi connectivity index (χ2n) is 13.0. The molecule has 1 aliphatic carbocycles. The van der Waals surface area contributed by atoms with Gasteiger partial charge in [0, 0.05) is 29.2 Å². The number of halogens is 1. The van der Waals surface area contributed by atoms with Crippen molar-refractivity contribution in [1.82, 2.24) is 14.5 Å². The van der Waals surface area contributed by atoms with Gasteiger partial charge in [-0.25, -0.2) is 14.2 Å². The number of imidazole rings is 1. The average Bonchev–Trinajstić information content (AvgIpc) is 3.84. The minimum atomic E-state index is -0.949. The van der Waals surface area contributed by atoms with E-state index in [0.717, 1.165) is 85.5 Å². The highest BCUT2D eigenvalue weighted by Gasteiger charge is 2.32. The molecule has 0 radical (unpaired) electrons. The molecule has 3 fully saturated rings. The maximum atomic E-state index is 15.3. The number of piperidine rings is 1. The predicted octanol–water partition coefficient (Wildman–Crippen LogP) is 6.78. The molecule has 1 saturated carbocycles. The lowest BCUT2D eigenvalue weighted by Crippen LogP contribution is -2.35. The smallest absolute Gasteiger partial charge is 0.335 e. The van der Waals surface area contributed by atoms with E-state index in [1.54, 1.807) is 30.3 Å². The molecule has 236 valence electrons. The van der Waals surface area contributed by atoms with Crippen LogP contribution >= 0.6 is 0 Å².